The summed E-state index contributed by atoms with van der Waals surface area (Å²) in [6.07, 6.45) is 1.06. The van der Waals surface area contributed by atoms with E-state index in [4.69, 9.17) is 10.5 Å². The van der Waals surface area contributed by atoms with Crippen molar-refractivity contribution in [2.24, 2.45) is 0 Å². The standard InChI is InChI=1S/C12H18O4/c1-3-4-12(16-14)11-7-5-10(6-8-11)9(2)15-13/h5-9,12-14H,3-4H2,1-2H3. The SMILES string of the molecule is CCCC(OO)c1ccc(C(C)OO)cc1. The van der Waals surface area contributed by atoms with E-state index < -0.39 is 0 Å². The molecule has 0 spiro atoms. The molecule has 2 N–H and O–H groups in total. The second-order valence-corrected chi connectivity index (χ2v) is 3.80. The summed E-state index contributed by atoms with van der Waals surface area (Å²) in [5.74, 6) is 0. The van der Waals surface area contributed by atoms with Crippen LogP contribution in [-0.2, 0) is 9.78 Å². The molecule has 2 unspecified atom stereocenters. The topological polar surface area (TPSA) is 58.9 Å². The average Bonchev–Trinajstić information content (AvgIpc) is 2.35. The highest BCUT2D eigenvalue weighted by atomic mass is 17.1. The van der Waals surface area contributed by atoms with Crippen LogP contribution in [0.25, 0.3) is 0 Å². The van der Waals surface area contributed by atoms with Crippen molar-refractivity contribution in [1.29, 1.82) is 0 Å². The fraction of sp³-hybridized carbons (Fsp3) is 0.500. The normalized spacial score (nSPS) is 14.8. The molecule has 0 aliphatic carbocycles. The molecule has 16 heavy (non-hydrogen) atoms. The van der Waals surface area contributed by atoms with Crippen LogP contribution in [0.3, 0.4) is 0 Å². The van der Waals surface area contributed by atoms with Crippen molar-refractivity contribution in [2.75, 3.05) is 0 Å². The third-order valence-electron chi connectivity index (χ3n) is 2.61. The molecule has 0 aliphatic heterocycles. The van der Waals surface area contributed by atoms with E-state index in [0.717, 1.165) is 24.0 Å². The molecule has 0 heterocycles. The lowest BCUT2D eigenvalue weighted by Gasteiger charge is -2.14. The smallest absolute Gasteiger partial charge is 0.118 e. The largest absolute Gasteiger partial charge is 0.251 e. The van der Waals surface area contributed by atoms with Gasteiger partial charge in [-0.25, -0.2) is 9.78 Å². The Morgan fingerprint density at radius 1 is 1.06 bits per heavy atom. The van der Waals surface area contributed by atoms with Crippen LogP contribution in [0.4, 0.5) is 0 Å². The summed E-state index contributed by atoms with van der Waals surface area (Å²) in [6.45, 7) is 3.78. The number of benzene rings is 1. The fourth-order valence-corrected chi connectivity index (χ4v) is 1.58. The predicted octanol–water partition coefficient (Wildman–Crippen LogP) is 3.57. The Kier molecular flexibility index (Phi) is 5.42. The summed E-state index contributed by atoms with van der Waals surface area (Å²) in [7, 11) is 0. The van der Waals surface area contributed by atoms with Crippen molar-refractivity contribution in [3.05, 3.63) is 35.4 Å². The third-order valence-corrected chi connectivity index (χ3v) is 2.61. The highest BCUT2D eigenvalue weighted by Gasteiger charge is 2.12. The van der Waals surface area contributed by atoms with E-state index >= 15 is 0 Å². The first-order chi connectivity index (χ1) is 7.72. The van der Waals surface area contributed by atoms with E-state index in [-0.39, 0.29) is 12.2 Å². The van der Waals surface area contributed by atoms with E-state index in [0.29, 0.717) is 0 Å². The lowest BCUT2D eigenvalue weighted by Crippen LogP contribution is -2.02. The van der Waals surface area contributed by atoms with Gasteiger partial charge in [0, 0.05) is 0 Å². The molecule has 0 fully saturated rings. The Morgan fingerprint density at radius 2 is 1.62 bits per heavy atom. The summed E-state index contributed by atoms with van der Waals surface area (Å²) in [5, 5.41) is 17.3. The van der Waals surface area contributed by atoms with Gasteiger partial charge in [-0.05, 0) is 24.5 Å². The van der Waals surface area contributed by atoms with Crippen LogP contribution < -0.4 is 0 Å². The first kappa shape index (κ1) is 13.1. The number of rotatable bonds is 6. The summed E-state index contributed by atoms with van der Waals surface area (Å²) in [6, 6.07) is 7.42. The lowest BCUT2D eigenvalue weighted by atomic mass is 10.0. The fourth-order valence-electron chi connectivity index (χ4n) is 1.58. The Morgan fingerprint density at radius 3 is 2.06 bits per heavy atom. The molecular formula is C12H18O4. The van der Waals surface area contributed by atoms with Crippen molar-refractivity contribution in [3.63, 3.8) is 0 Å². The van der Waals surface area contributed by atoms with Gasteiger partial charge in [0.15, 0.2) is 0 Å². The maximum atomic E-state index is 8.77. The Hall–Kier alpha value is -0.940. The molecule has 2 atom stereocenters. The molecule has 1 aromatic rings. The number of hydrogen-bond donors (Lipinski definition) is 2. The van der Waals surface area contributed by atoms with Crippen LogP contribution in [0.2, 0.25) is 0 Å². The molecule has 0 saturated heterocycles. The minimum atomic E-state index is -0.353. The zero-order chi connectivity index (χ0) is 12.0. The van der Waals surface area contributed by atoms with Gasteiger partial charge in [0.05, 0.1) is 0 Å². The molecule has 0 saturated carbocycles. The maximum absolute atomic E-state index is 8.77. The van der Waals surface area contributed by atoms with Crippen LogP contribution in [0.15, 0.2) is 24.3 Å². The molecule has 0 aromatic heterocycles. The van der Waals surface area contributed by atoms with E-state index in [1.165, 1.54) is 0 Å². The van der Waals surface area contributed by atoms with Gasteiger partial charge < -0.3 is 0 Å². The zero-order valence-electron chi connectivity index (χ0n) is 9.59. The first-order valence-corrected chi connectivity index (χ1v) is 5.43. The predicted molar refractivity (Wildman–Crippen MR) is 59.9 cm³/mol. The summed E-state index contributed by atoms with van der Waals surface area (Å²) in [4.78, 5) is 8.65. The zero-order valence-corrected chi connectivity index (χ0v) is 9.59. The Labute approximate surface area is 95.3 Å². The van der Waals surface area contributed by atoms with Crippen LogP contribution in [-0.4, -0.2) is 10.5 Å². The quantitative estimate of drug-likeness (QED) is 0.575. The molecule has 4 nitrogen and oxygen atoms in total. The van der Waals surface area contributed by atoms with Crippen LogP contribution >= 0.6 is 0 Å². The molecule has 0 radical (unpaired) electrons. The van der Waals surface area contributed by atoms with Crippen molar-refractivity contribution >= 4 is 0 Å². The monoisotopic (exact) mass is 226 g/mol. The van der Waals surface area contributed by atoms with E-state index in [2.05, 4.69) is 9.78 Å². The minimum absolute atomic E-state index is 0.288. The molecule has 0 bridgehead atoms. The Bertz CT molecular complexity index is 296. The van der Waals surface area contributed by atoms with E-state index in [1.807, 2.05) is 31.2 Å². The molecule has 1 aromatic carbocycles. The van der Waals surface area contributed by atoms with Crippen molar-refractivity contribution in [2.45, 2.75) is 38.9 Å². The minimum Gasteiger partial charge on any atom is -0.251 e. The van der Waals surface area contributed by atoms with Gasteiger partial charge in [-0.15, -0.1) is 0 Å². The summed E-state index contributed by atoms with van der Waals surface area (Å²) in [5.41, 5.74) is 1.79. The highest BCUT2D eigenvalue weighted by Crippen LogP contribution is 2.24. The van der Waals surface area contributed by atoms with Gasteiger partial charge in [-0.3, -0.25) is 10.5 Å². The van der Waals surface area contributed by atoms with Gasteiger partial charge in [-0.2, -0.15) is 0 Å². The summed E-state index contributed by atoms with van der Waals surface area (Å²) < 4.78 is 0. The van der Waals surface area contributed by atoms with Crippen LogP contribution in [0.5, 0.6) is 0 Å². The average molecular weight is 226 g/mol. The third kappa shape index (κ3) is 3.28. The van der Waals surface area contributed by atoms with Crippen molar-refractivity contribution in [3.8, 4) is 0 Å². The van der Waals surface area contributed by atoms with E-state index in [9.17, 15) is 0 Å². The molecular weight excluding hydrogens is 208 g/mol. The maximum Gasteiger partial charge on any atom is 0.118 e. The van der Waals surface area contributed by atoms with Gasteiger partial charge in [0.2, 0.25) is 0 Å². The van der Waals surface area contributed by atoms with Crippen molar-refractivity contribution < 1.29 is 20.3 Å². The van der Waals surface area contributed by atoms with E-state index in [1.54, 1.807) is 6.92 Å². The van der Waals surface area contributed by atoms with Gasteiger partial charge in [0.25, 0.3) is 0 Å². The van der Waals surface area contributed by atoms with Crippen molar-refractivity contribution in [1.82, 2.24) is 0 Å². The van der Waals surface area contributed by atoms with Crippen LogP contribution in [0.1, 0.15) is 50.0 Å². The number of hydrogen-bond acceptors (Lipinski definition) is 4. The first-order valence-electron chi connectivity index (χ1n) is 5.43. The van der Waals surface area contributed by atoms with Gasteiger partial charge in [-0.1, -0.05) is 37.6 Å². The molecule has 4 heteroatoms. The Balaban J connectivity index is 2.76. The second kappa shape index (κ2) is 6.60. The molecule has 0 amide bonds. The molecule has 90 valence electrons. The van der Waals surface area contributed by atoms with Gasteiger partial charge in [0.1, 0.15) is 12.2 Å². The highest BCUT2D eigenvalue weighted by molar-refractivity contribution is 5.25. The summed E-state index contributed by atoms with van der Waals surface area (Å²) >= 11 is 0. The molecule has 0 aliphatic rings. The molecule has 1 rings (SSSR count). The second-order valence-electron chi connectivity index (χ2n) is 3.80. The van der Waals surface area contributed by atoms with Gasteiger partial charge >= 0.3 is 0 Å². The van der Waals surface area contributed by atoms with Crippen LogP contribution in [0, 0.1) is 0 Å². The lowest BCUT2D eigenvalue weighted by molar-refractivity contribution is -0.283.